The first-order chi connectivity index (χ1) is 11.5. The van der Waals surface area contributed by atoms with Crippen molar-refractivity contribution in [1.29, 1.82) is 5.41 Å². The van der Waals surface area contributed by atoms with E-state index < -0.39 is 45.1 Å². The summed E-state index contributed by atoms with van der Waals surface area (Å²) in [6.45, 7) is 1.30. The number of halogens is 4. The zero-order valence-electron chi connectivity index (χ0n) is 12.8. The van der Waals surface area contributed by atoms with Gasteiger partial charge in [-0.25, -0.2) is 4.79 Å². The van der Waals surface area contributed by atoms with E-state index in [9.17, 15) is 28.1 Å². The fourth-order valence-electron chi connectivity index (χ4n) is 1.55. The summed E-state index contributed by atoms with van der Waals surface area (Å²) >= 11 is 5.78. The maximum absolute atomic E-state index is 13.0. The smallest absolute Gasteiger partial charge is 0.420 e. The van der Waals surface area contributed by atoms with E-state index in [0.717, 1.165) is 6.07 Å². The molecule has 12 heteroatoms. The molecule has 136 valence electrons. The van der Waals surface area contributed by atoms with Crippen LogP contribution in [0.25, 0.3) is 0 Å². The summed E-state index contributed by atoms with van der Waals surface area (Å²) in [7, 11) is 1.32. The topological polar surface area (TPSA) is 117 Å². The number of nitrogens with zero attached hydrogens (tertiary/aromatic N) is 1. The Morgan fingerprint density at radius 2 is 2.00 bits per heavy atom. The van der Waals surface area contributed by atoms with Crippen LogP contribution in [0, 0.1) is 15.5 Å². The van der Waals surface area contributed by atoms with E-state index in [0.29, 0.717) is 6.07 Å². The summed E-state index contributed by atoms with van der Waals surface area (Å²) in [5.41, 5.74) is -2.26. The standard InChI is InChI=1S/C13H12ClF3N4O4/c1-6(20-12(22)19-2)10(14)11(18)25-9-4-3-7(21(23)24)5-8(9)13(15,16)17/h3-5,18H,1-2H3,(H2,19,20,22)/b10-6+,18-11?. The first-order valence-electron chi connectivity index (χ1n) is 6.45. The summed E-state index contributed by atoms with van der Waals surface area (Å²) in [4.78, 5) is 20.8. The summed E-state index contributed by atoms with van der Waals surface area (Å²) in [5.74, 6) is -1.72. The molecule has 0 fully saturated rings. The van der Waals surface area contributed by atoms with Crippen molar-refractivity contribution >= 4 is 29.2 Å². The van der Waals surface area contributed by atoms with Crippen LogP contribution >= 0.6 is 11.6 Å². The lowest BCUT2D eigenvalue weighted by atomic mass is 10.1. The number of nitro groups is 1. The van der Waals surface area contributed by atoms with Crippen LogP contribution in [0.5, 0.6) is 5.75 Å². The molecule has 25 heavy (non-hydrogen) atoms. The van der Waals surface area contributed by atoms with Gasteiger partial charge in [-0.3, -0.25) is 15.5 Å². The van der Waals surface area contributed by atoms with Crippen molar-refractivity contribution in [3.8, 4) is 5.75 Å². The lowest BCUT2D eigenvalue weighted by Crippen LogP contribution is -2.32. The third-order valence-corrected chi connectivity index (χ3v) is 3.20. The SMILES string of the molecule is CNC(=O)N/C(C)=C(/Cl)C(=N)Oc1ccc([N+](=O)[O-])cc1C(F)(F)F. The maximum atomic E-state index is 13.0. The van der Waals surface area contributed by atoms with Gasteiger partial charge in [-0.15, -0.1) is 0 Å². The van der Waals surface area contributed by atoms with Crippen LogP contribution in [0.3, 0.4) is 0 Å². The van der Waals surface area contributed by atoms with Gasteiger partial charge in [0.15, 0.2) is 0 Å². The van der Waals surface area contributed by atoms with Gasteiger partial charge < -0.3 is 15.4 Å². The zero-order chi connectivity index (χ0) is 19.4. The molecule has 0 atom stereocenters. The minimum Gasteiger partial charge on any atom is -0.437 e. The molecule has 0 aromatic heterocycles. The predicted octanol–water partition coefficient (Wildman–Crippen LogP) is 3.37. The molecule has 0 aliphatic heterocycles. The Kier molecular flexibility index (Phi) is 6.34. The maximum Gasteiger partial charge on any atom is 0.420 e. The fourth-order valence-corrected chi connectivity index (χ4v) is 1.64. The molecule has 1 rings (SSSR count). The number of nitrogens with one attached hydrogen (secondary N) is 3. The van der Waals surface area contributed by atoms with E-state index in [2.05, 4.69) is 10.6 Å². The summed E-state index contributed by atoms with van der Waals surface area (Å²) < 4.78 is 43.9. The van der Waals surface area contributed by atoms with Gasteiger partial charge in [0.2, 0.25) is 5.90 Å². The molecule has 1 aromatic rings. The Morgan fingerprint density at radius 1 is 1.40 bits per heavy atom. The first kappa shape index (κ1) is 20.2. The van der Waals surface area contributed by atoms with Crippen LogP contribution in [0.4, 0.5) is 23.7 Å². The Bertz CT molecular complexity index is 749. The third-order valence-electron chi connectivity index (χ3n) is 2.75. The number of rotatable bonds is 4. The van der Waals surface area contributed by atoms with E-state index in [-0.39, 0.29) is 11.8 Å². The Morgan fingerprint density at radius 3 is 2.48 bits per heavy atom. The second-order valence-corrected chi connectivity index (χ2v) is 4.89. The van der Waals surface area contributed by atoms with Crippen LogP contribution in [-0.2, 0) is 6.18 Å². The molecule has 0 aliphatic carbocycles. The van der Waals surface area contributed by atoms with Crippen molar-refractivity contribution < 1.29 is 27.6 Å². The summed E-state index contributed by atoms with van der Waals surface area (Å²) in [6, 6.07) is 1.14. The van der Waals surface area contributed by atoms with Crippen LogP contribution in [0.1, 0.15) is 12.5 Å². The van der Waals surface area contributed by atoms with Gasteiger partial charge in [0.25, 0.3) is 5.69 Å². The van der Waals surface area contributed by atoms with Gasteiger partial charge in [0, 0.05) is 24.9 Å². The highest BCUT2D eigenvalue weighted by molar-refractivity contribution is 6.42. The Balaban J connectivity index is 3.17. The molecule has 0 spiro atoms. The second-order valence-electron chi connectivity index (χ2n) is 4.51. The molecule has 1 aromatic carbocycles. The lowest BCUT2D eigenvalue weighted by Gasteiger charge is -2.14. The van der Waals surface area contributed by atoms with Crippen molar-refractivity contribution in [2.75, 3.05) is 7.05 Å². The Hall–Kier alpha value is -2.82. The van der Waals surface area contributed by atoms with Crippen LogP contribution < -0.4 is 15.4 Å². The molecule has 0 aliphatic rings. The number of benzene rings is 1. The van der Waals surface area contributed by atoms with E-state index in [1.165, 1.54) is 14.0 Å². The van der Waals surface area contributed by atoms with E-state index in [1.54, 1.807) is 0 Å². The van der Waals surface area contributed by atoms with Gasteiger partial charge >= 0.3 is 12.2 Å². The predicted molar refractivity (Wildman–Crippen MR) is 82.6 cm³/mol. The van der Waals surface area contributed by atoms with Gasteiger partial charge in [-0.2, -0.15) is 13.2 Å². The number of carbonyl (C=O) groups is 1. The number of urea groups is 1. The van der Waals surface area contributed by atoms with Crippen LogP contribution in [0.15, 0.2) is 28.9 Å². The monoisotopic (exact) mass is 380 g/mol. The normalized spacial score (nSPS) is 12.1. The molecule has 8 nitrogen and oxygen atoms in total. The van der Waals surface area contributed by atoms with Crippen molar-refractivity contribution in [3.05, 3.63) is 44.6 Å². The number of amides is 2. The number of allylic oxidation sites excluding steroid dienone is 1. The van der Waals surface area contributed by atoms with E-state index in [4.69, 9.17) is 21.7 Å². The van der Waals surface area contributed by atoms with Gasteiger partial charge in [-0.1, -0.05) is 11.6 Å². The molecular weight excluding hydrogens is 369 g/mol. The molecule has 0 saturated carbocycles. The second kappa shape index (κ2) is 7.83. The quantitative estimate of drug-likeness (QED) is 0.321. The highest BCUT2D eigenvalue weighted by Crippen LogP contribution is 2.38. The number of non-ortho nitro benzene ring substituents is 1. The fraction of sp³-hybridized carbons (Fsp3) is 0.231. The first-order valence-corrected chi connectivity index (χ1v) is 6.82. The van der Waals surface area contributed by atoms with Crippen LogP contribution in [-0.4, -0.2) is 23.9 Å². The minimum absolute atomic E-state index is 0.0403. The van der Waals surface area contributed by atoms with Crippen molar-refractivity contribution in [3.63, 3.8) is 0 Å². The molecule has 2 amide bonds. The average Bonchev–Trinajstić information content (AvgIpc) is 2.52. The molecule has 0 heterocycles. The van der Waals surface area contributed by atoms with Crippen LogP contribution in [0.2, 0.25) is 0 Å². The molecule has 0 saturated heterocycles. The zero-order valence-corrected chi connectivity index (χ0v) is 13.6. The Labute approximate surface area is 144 Å². The number of hydrogen-bond acceptors (Lipinski definition) is 5. The molecule has 3 N–H and O–H groups in total. The van der Waals surface area contributed by atoms with Crippen molar-refractivity contribution in [2.45, 2.75) is 13.1 Å². The number of nitro benzene ring substituents is 1. The molecule has 0 bridgehead atoms. The van der Waals surface area contributed by atoms with E-state index in [1.807, 2.05) is 0 Å². The summed E-state index contributed by atoms with van der Waals surface area (Å²) in [6.07, 6.45) is -4.95. The molecule has 0 unspecified atom stereocenters. The average molecular weight is 381 g/mol. The lowest BCUT2D eigenvalue weighted by molar-refractivity contribution is -0.385. The van der Waals surface area contributed by atoms with Gasteiger partial charge in [-0.05, 0) is 13.0 Å². The van der Waals surface area contributed by atoms with Crippen molar-refractivity contribution in [2.24, 2.45) is 0 Å². The summed E-state index contributed by atoms with van der Waals surface area (Å²) in [5, 5.41) is 22.2. The minimum atomic E-state index is -4.95. The number of carbonyl (C=O) groups excluding carboxylic acids is 1. The largest absolute Gasteiger partial charge is 0.437 e. The van der Waals surface area contributed by atoms with Gasteiger partial charge in [0.05, 0.1) is 4.92 Å². The number of hydrogen-bond donors (Lipinski definition) is 3. The third kappa shape index (κ3) is 5.35. The van der Waals surface area contributed by atoms with Gasteiger partial charge in [0.1, 0.15) is 16.3 Å². The molecular formula is C13H12ClF3N4O4. The van der Waals surface area contributed by atoms with Crippen molar-refractivity contribution in [1.82, 2.24) is 10.6 Å². The van der Waals surface area contributed by atoms with E-state index >= 15 is 0 Å². The molecule has 0 radical (unpaired) electrons. The highest BCUT2D eigenvalue weighted by atomic mass is 35.5. The number of ether oxygens (including phenoxy) is 1. The highest BCUT2D eigenvalue weighted by Gasteiger charge is 2.36. The number of alkyl halides is 3.